The fourth-order valence-electron chi connectivity index (χ4n) is 1.81. The van der Waals surface area contributed by atoms with Gasteiger partial charge in [0.05, 0.1) is 6.61 Å². The molecule has 0 bridgehead atoms. The summed E-state index contributed by atoms with van der Waals surface area (Å²) in [6.07, 6.45) is 1.15. The van der Waals surface area contributed by atoms with Crippen LogP contribution in [0.4, 0.5) is 5.69 Å². The molecule has 4 heteroatoms. The molecule has 0 aliphatic carbocycles. The van der Waals surface area contributed by atoms with Crippen LogP contribution in [-0.2, 0) is 4.79 Å². The summed E-state index contributed by atoms with van der Waals surface area (Å²) in [6.45, 7) is 2.59. The molecule has 0 saturated carbocycles. The molecular formula is C17H18INO2. The topological polar surface area (TPSA) is 38.3 Å². The van der Waals surface area contributed by atoms with Crippen molar-refractivity contribution < 1.29 is 9.53 Å². The Morgan fingerprint density at radius 2 is 1.76 bits per heavy atom. The predicted octanol–water partition coefficient (Wildman–Crippen LogP) is 4.40. The zero-order chi connectivity index (χ0) is 15.1. The fraction of sp³-hybridized carbons (Fsp3) is 0.235. The second-order valence-corrected chi connectivity index (χ2v) is 6.07. The standard InChI is InChI=1S/C17H18INO2/c1-13-4-10-16(11-5-13)21-12-2-3-17(20)19-15-8-6-14(18)7-9-15/h4-11H,2-3,12H2,1H3,(H,19,20). The molecule has 1 N–H and O–H groups in total. The molecule has 0 aliphatic rings. The van der Waals surface area contributed by atoms with Crippen molar-refractivity contribution in [3.05, 3.63) is 57.7 Å². The van der Waals surface area contributed by atoms with Crippen molar-refractivity contribution in [1.82, 2.24) is 0 Å². The second kappa shape index (κ2) is 8.02. The number of carbonyl (C=O) groups is 1. The van der Waals surface area contributed by atoms with E-state index in [1.807, 2.05) is 55.5 Å². The van der Waals surface area contributed by atoms with Gasteiger partial charge in [-0.05, 0) is 72.3 Å². The Balaban J connectivity index is 1.67. The largest absolute Gasteiger partial charge is 0.494 e. The lowest BCUT2D eigenvalue weighted by Gasteiger charge is -2.07. The van der Waals surface area contributed by atoms with E-state index in [0.717, 1.165) is 15.0 Å². The van der Waals surface area contributed by atoms with Crippen molar-refractivity contribution >= 4 is 34.2 Å². The number of carbonyl (C=O) groups excluding carboxylic acids is 1. The van der Waals surface area contributed by atoms with E-state index in [4.69, 9.17) is 4.74 Å². The number of ether oxygens (including phenoxy) is 1. The van der Waals surface area contributed by atoms with Gasteiger partial charge in [0.25, 0.3) is 0 Å². The summed E-state index contributed by atoms with van der Waals surface area (Å²) >= 11 is 2.24. The van der Waals surface area contributed by atoms with Crippen LogP contribution in [0.3, 0.4) is 0 Å². The Hall–Kier alpha value is -1.56. The number of hydrogen-bond acceptors (Lipinski definition) is 2. The highest BCUT2D eigenvalue weighted by molar-refractivity contribution is 14.1. The first-order valence-corrected chi connectivity index (χ1v) is 7.96. The lowest BCUT2D eigenvalue weighted by Crippen LogP contribution is -2.12. The molecule has 2 aromatic carbocycles. The van der Waals surface area contributed by atoms with Crippen molar-refractivity contribution in [2.45, 2.75) is 19.8 Å². The summed E-state index contributed by atoms with van der Waals surface area (Å²) in [7, 11) is 0. The highest BCUT2D eigenvalue weighted by atomic mass is 127. The molecule has 21 heavy (non-hydrogen) atoms. The van der Waals surface area contributed by atoms with Crippen LogP contribution in [0.1, 0.15) is 18.4 Å². The van der Waals surface area contributed by atoms with Gasteiger partial charge in [0.1, 0.15) is 5.75 Å². The van der Waals surface area contributed by atoms with Crippen LogP contribution in [0.2, 0.25) is 0 Å². The number of halogens is 1. The fourth-order valence-corrected chi connectivity index (χ4v) is 2.17. The van der Waals surface area contributed by atoms with E-state index in [-0.39, 0.29) is 5.91 Å². The highest BCUT2D eigenvalue weighted by Crippen LogP contribution is 2.13. The van der Waals surface area contributed by atoms with E-state index in [1.165, 1.54) is 5.56 Å². The summed E-state index contributed by atoms with van der Waals surface area (Å²) in [4.78, 5) is 11.8. The van der Waals surface area contributed by atoms with Crippen molar-refractivity contribution in [2.75, 3.05) is 11.9 Å². The zero-order valence-corrected chi connectivity index (χ0v) is 14.1. The molecule has 0 heterocycles. The maximum Gasteiger partial charge on any atom is 0.224 e. The summed E-state index contributed by atoms with van der Waals surface area (Å²) in [6, 6.07) is 15.7. The van der Waals surface area contributed by atoms with Gasteiger partial charge in [-0.2, -0.15) is 0 Å². The number of aryl methyl sites for hydroxylation is 1. The van der Waals surface area contributed by atoms with E-state index in [1.54, 1.807) is 0 Å². The van der Waals surface area contributed by atoms with E-state index < -0.39 is 0 Å². The molecular weight excluding hydrogens is 377 g/mol. The first kappa shape index (κ1) is 15.8. The van der Waals surface area contributed by atoms with Crippen LogP contribution in [0.25, 0.3) is 0 Å². The molecule has 0 radical (unpaired) electrons. The third-order valence-corrected chi connectivity index (χ3v) is 3.69. The summed E-state index contributed by atoms with van der Waals surface area (Å²) in [5, 5.41) is 2.88. The summed E-state index contributed by atoms with van der Waals surface area (Å²) < 4.78 is 6.75. The van der Waals surface area contributed by atoms with Gasteiger partial charge in [0, 0.05) is 15.7 Å². The first-order chi connectivity index (χ1) is 10.1. The first-order valence-electron chi connectivity index (χ1n) is 6.88. The maximum absolute atomic E-state index is 11.8. The number of amides is 1. The van der Waals surface area contributed by atoms with Gasteiger partial charge in [0.15, 0.2) is 0 Å². The Labute approximate surface area is 138 Å². The lowest BCUT2D eigenvalue weighted by atomic mass is 10.2. The summed E-state index contributed by atoms with van der Waals surface area (Å²) in [5.41, 5.74) is 2.04. The number of hydrogen-bond donors (Lipinski definition) is 1. The summed E-state index contributed by atoms with van der Waals surface area (Å²) in [5.74, 6) is 0.863. The Morgan fingerprint density at radius 1 is 1.10 bits per heavy atom. The molecule has 110 valence electrons. The normalized spacial score (nSPS) is 10.2. The number of benzene rings is 2. The van der Waals surface area contributed by atoms with Crippen molar-refractivity contribution in [1.29, 1.82) is 0 Å². The van der Waals surface area contributed by atoms with Gasteiger partial charge in [0.2, 0.25) is 5.91 Å². The minimum atomic E-state index is 0.0173. The van der Waals surface area contributed by atoms with Crippen molar-refractivity contribution in [2.24, 2.45) is 0 Å². The predicted molar refractivity (Wildman–Crippen MR) is 93.7 cm³/mol. The molecule has 1 amide bonds. The molecule has 0 atom stereocenters. The highest BCUT2D eigenvalue weighted by Gasteiger charge is 2.02. The van der Waals surface area contributed by atoms with Crippen LogP contribution in [0, 0.1) is 10.5 Å². The van der Waals surface area contributed by atoms with E-state index in [2.05, 4.69) is 27.9 Å². The van der Waals surface area contributed by atoms with Crippen LogP contribution in [-0.4, -0.2) is 12.5 Å². The molecule has 0 saturated heterocycles. The van der Waals surface area contributed by atoms with Crippen LogP contribution < -0.4 is 10.1 Å². The minimum Gasteiger partial charge on any atom is -0.494 e. The Morgan fingerprint density at radius 3 is 2.43 bits per heavy atom. The van der Waals surface area contributed by atoms with E-state index in [9.17, 15) is 4.79 Å². The molecule has 0 aliphatic heterocycles. The average Bonchev–Trinajstić information content (AvgIpc) is 2.48. The van der Waals surface area contributed by atoms with E-state index in [0.29, 0.717) is 19.4 Å². The molecule has 0 spiro atoms. The number of nitrogens with one attached hydrogen (secondary N) is 1. The number of rotatable bonds is 6. The lowest BCUT2D eigenvalue weighted by molar-refractivity contribution is -0.116. The van der Waals surface area contributed by atoms with E-state index >= 15 is 0 Å². The maximum atomic E-state index is 11.8. The van der Waals surface area contributed by atoms with Gasteiger partial charge < -0.3 is 10.1 Å². The number of anilines is 1. The Kier molecular flexibility index (Phi) is 6.04. The SMILES string of the molecule is Cc1ccc(OCCCC(=O)Nc2ccc(I)cc2)cc1. The molecule has 2 aromatic rings. The second-order valence-electron chi connectivity index (χ2n) is 4.82. The van der Waals surface area contributed by atoms with Crippen LogP contribution in [0.15, 0.2) is 48.5 Å². The van der Waals surface area contributed by atoms with Gasteiger partial charge in [-0.25, -0.2) is 0 Å². The molecule has 0 aromatic heterocycles. The van der Waals surface area contributed by atoms with Gasteiger partial charge in [-0.1, -0.05) is 17.7 Å². The third-order valence-electron chi connectivity index (χ3n) is 2.97. The van der Waals surface area contributed by atoms with Gasteiger partial charge in [-0.15, -0.1) is 0 Å². The zero-order valence-electron chi connectivity index (χ0n) is 11.9. The minimum absolute atomic E-state index is 0.0173. The monoisotopic (exact) mass is 395 g/mol. The molecule has 0 unspecified atom stereocenters. The third kappa shape index (κ3) is 5.75. The average molecular weight is 395 g/mol. The Bertz CT molecular complexity index is 579. The quantitative estimate of drug-likeness (QED) is 0.582. The molecule has 0 fully saturated rings. The van der Waals surface area contributed by atoms with Crippen molar-refractivity contribution in [3.8, 4) is 5.75 Å². The molecule has 2 rings (SSSR count). The van der Waals surface area contributed by atoms with Crippen LogP contribution in [0.5, 0.6) is 5.75 Å². The smallest absolute Gasteiger partial charge is 0.224 e. The van der Waals surface area contributed by atoms with Gasteiger partial charge in [-0.3, -0.25) is 4.79 Å². The molecule has 3 nitrogen and oxygen atoms in total. The van der Waals surface area contributed by atoms with Crippen molar-refractivity contribution in [3.63, 3.8) is 0 Å². The van der Waals surface area contributed by atoms with Crippen LogP contribution >= 0.6 is 22.6 Å². The van der Waals surface area contributed by atoms with Gasteiger partial charge >= 0.3 is 0 Å².